The number of nitrogens with zero attached hydrogens (tertiary/aromatic N) is 2. The van der Waals surface area contributed by atoms with Crippen LogP contribution in [-0.2, 0) is 19.1 Å². The van der Waals surface area contributed by atoms with Crippen molar-refractivity contribution in [1.29, 1.82) is 5.26 Å². The number of esters is 1. The number of nitriles is 1. The molecule has 1 amide bonds. The van der Waals surface area contributed by atoms with Gasteiger partial charge in [-0.3, -0.25) is 14.4 Å². The third-order valence-corrected chi connectivity index (χ3v) is 2.29. The maximum absolute atomic E-state index is 11.7. The Morgan fingerprint density at radius 1 is 1.21 bits per heavy atom. The summed E-state index contributed by atoms with van der Waals surface area (Å²) in [7, 11) is 0. The highest BCUT2D eigenvalue weighted by atomic mass is 16.5. The summed E-state index contributed by atoms with van der Waals surface area (Å²) in [5.41, 5.74) is 0. The van der Waals surface area contributed by atoms with Gasteiger partial charge in [0.25, 0.3) is 0 Å². The predicted molar refractivity (Wildman–Crippen MR) is 64.9 cm³/mol. The molecule has 0 unspecified atom stereocenters. The van der Waals surface area contributed by atoms with E-state index >= 15 is 0 Å². The molecule has 0 rings (SSSR count). The maximum atomic E-state index is 11.7. The van der Waals surface area contributed by atoms with Crippen molar-refractivity contribution in [3.63, 3.8) is 0 Å². The lowest BCUT2D eigenvalue weighted by molar-refractivity contribution is -0.145. The number of hydrogen-bond acceptors (Lipinski definition) is 5. The summed E-state index contributed by atoms with van der Waals surface area (Å²) in [6, 6.07) is 1.90. The topological polar surface area (TPSA) is 108 Å². The second-order valence-electron chi connectivity index (χ2n) is 3.74. The molecule has 0 aliphatic rings. The van der Waals surface area contributed by atoms with Crippen LogP contribution in [0.5, 0.6) is 0 Å². The lowest BCUT2D eigenvalue weighted by atomic mass is 10.2. The highest BCUT2D eigenvalue weighted by Crippen LogP contribution is 2.02. The highest BCUT2D eigenvalue weighted by molar-refractivity contribution is 5.81. The number of aliphatic carboxylic acids is 1. The monoisotopic (exact) mass is 270 g/mol. The van der Waals surface area contributed by atoms with Crippen molar-refractivity contribution < 1.29 is 24.2 Å². The Morgan fingerprint density at radius 2 is 1.89 bits per heavy atom. The van der Waals surface area contributed by atoms with Crippen LogP contribution in [-0.4, -0.2) is 47.5 Å². The Hall–Kier alpha value is -2.10. The highest BCUT2D eigenvalue weighted by Gasteiger charge is 2.16. The summed E-state index contributed by atoms with van der Waals surface area (Å²) >= 11 is 0. The molecule has 0 saturated carbocycles. The molecule has 0 atom stereocenters. The third kappa shape index (κ3) is 8.60. The number of carboxylic acid groups (broad SMARTS) is 1. The Morgan fingerprint density at radius 3 is 2.42 bits per heavy atom. The summed E-state index contributed by atoms with van der Waals surface area (Å²) in [6.45, 7) is 2.28. The van der Waals surface area contributed by atoms with E-state index in [1.54, 1.807) is 6.92 Å². The minimum Gasteiger partial charge on any atom is -0.481 e. The van der Waals surface area contributed by atoms with Crippen molar-refractivity contribution in [3.8, 4) is 6.07 Å². The van der Waals surface area contributed by atoms with E-state index in [0.29, 0.717) is 0 Å². The molecule has 1 N–H and O–H groups in total. The standard InChI is InChI=1S/C12H18N2O5/c1-2-19-12(18)6-9-14(8-3-7-13)10(15)4-5-11(16)17/h2-6,8-9H2,1H3,(H,16,17). The van der Waals surface area contributed by atoms with Gasteiger partial charge in [-0.05, 0) is 6.92 Å². The predicted octanol–water partition coefficient (Wildman–Crippen LogP) is 0.547. The fourth-order valence-corrected chi connectivity index (χ4v) is 1.38. The number of amides is 1. The second-order valence-corrected chi connectivity index (χ2v) is 3.74. The van der Waals surface area contributed by atoms with Gasteiger partial charge in [-0.1, -0.05) is 0 Å². The average Bonchev–Trinajstić information content (AvgIpc) is 2.36. The van der Waals surface area contributed by atoms with E-state index in [9.17, 15) is 14.4 Å². The van der Waals surface area contributed by atoms with Gasteiger partial charge in [0, 0.05) is 19.5 Å². The lowest BCUT2D eigenvalue weighted by Crippen LogP contribution is -2.34. The van der Waals surface area contributed by atoms with E-state index in [1.165, 1.54) is 4.90 Å². The van der Waals surface area contributed by atoms with E-state index in [1.807, 2.05) is 6.07 Å². The summed E-state index contributed by atoms with van der Waals surface area (Å²) < 4.78 is 4.74. The van der Waals surface area contributed by atoms with Gasteiger partial charge in [-0.25, -0.2) is 0 Å². The van der Waals surface area contributed by atoms with Crippen LogP contribution in [0.3, 0.4) is 0 Å². The molecule has 0 aromatic rings. The number of carbonyl (C=O) groups excluding carboxylic acids is 2. The molecule has 0 aliphatic carbocycles. The molecule has 7 nitrogen and oxygen atoms in total. The molecule has 106 valence electrons. The minimum atomic E-state index is -1.06. The SMILES string of the molecule is CCOC(=O)CCN(CCC#N)C(=O)CCC(=O)O. The first-order valence-electron chi connectivity index (χ1n) is 6.03. The molecule has 0 aromatic heterocycles. The summed E-state index contributed by atoms with van der Waals surface area (Å²) in [5.74, 6) is -1.85. The number of hydrogen-bond donors (Lipinski definition) is 1. The number of ether oxygens (including phenoxy) is 1. The molecule has 0 bridgehead atoms. The van der Waals surface area contributed by atoms with Gasteiger partial charge in [-0.2, -0.15) is 5.26 Å². The molecule has 0 aliphatic heterocycles. The Kier molecular flexibility index (Phi) is 8.79. The van der Waals surface area contributed by atoms with Gasteiger partial charge in [0.2, 0.25) is 5.91 Å². The molecule has 0 fully saturated rings. The van der Waals surface area contributed by atoms with E-state index in [2.05, 4.69) is 0 Å². The lowest BCUT2D eigenvalue weighted by Gasteiger charge is -2.20. The van der Waals surface area contributed by atoms with Crippen LogP contribution in [0.4, 0.5) is 0 Å². The number of rotatable bonds is 9. The molecule has 0 radical (unpaired) electrons. The van der Waals surface area contributed by atoms with E-state index < -0.39 is 11.9 Å². The Balaban J connectivity index is 4.28. The smallest absolute Gasteiger partial charge is 0.307 e. The van der Waals surface area contributed by atoms with Crippen molar-refractivity contribution in [1.82, 2.24) is 4.90 Å². The van der Waals surface area contributed by atoms with Crippen molar-refractivity contribution in [2.75, 3.05) is 19.7 Å². The van der Waals surface area contributed by atoms with Crippen molar-refractivity contribution >= 4 is 17.8 Å². The van der Waals surface area contributed by atoms with E-state index in [0.717, 1.165) is 0 Å². The van der Waals surface area contributed by atoms with Gasteiger partial charge in [0.05, 0.1) is 31.9 Å². The Labute approximate surface area is 111 Å². The zero-order valence-electron chi connectivity index (χ0n) is 10.9. The van der Waals surface area contributed by atoms with Crippen LogP contribution in [0, 0.1) is 11.3 Å². The van der Waals surface area contributed by atoms with E-state index in [-0.39, 0.29) is 51.3 Å². The number of carboxylic acids is 1. The van der Waals surface area contributed by atoms with Crippen LogP contribution in [0.25, 0.3) is 0 Å². The maximum Gasteiger partial charge on any atom is 0.307 e. The van der Waals surface area contributed by atoms with Crippen LogP contribution >= 0.6 is 0 Å². The van der Waals surface area contributed by atoms with Gasteiger partial charge < -0.3 is 14.7 Å². The van der Waals surface area contributed by atoms with Crippen molar-refractivity contribution in [2.45, 2.75) is 32.6 Å². The first kappa shape index (κ1) is 16.9. The summed E-state index contributed by atoms with van der Waals surface area (Å²) in [4.78, 5) is 34.6. The first-order chi connectivity index (χ1) is 9.01. The largest absolute Gasteiger partial charge is 0.481 e. The molecule has 0 saturated heterocycles. The summed E-state index contributed by atoms with van der Waals surface area (Å²) in [5, 5.41) is 17.0. The molecule has 0 spiro atoms. The quantitative estimate of drug-likeness (QED) is 0.613. The van der Waals surface area contributed by atoms with Crippen LogP contribution in [0.15, 0.2) is 0 Å². The third-order valence-electron chi connectivity index (χ3n) is 2.29. The molecular formula is C12H18N2O5. The Bertz CT molecular complexity index is 362. The van der Waals surface area contributed by atoms with Gasteiger partial charge >= 0.3 is 11.9 Å². The minimum absolute atomic E-state index is 0.0398. The van der Waals surface area contributed by atoms with Gasteiger partial charge in [0.15, 0.2) is 0 Å². The van der Waals surface area contributed by atoms with Crippen molar-refractivity contribution in [2.24, 2.45) is 0 Å². The average molecular weight is 270 g/mol. The normalized spacial score (nSPS) is 9.47. The second kappa shape index (κ2) is 9.88. The molecule has 7 heteroatoms. The van der Waals surface area contributed by atoms with E-state index in [4.69, 9.17) is 15.1 Å². The van der Waals surface area contributed by atoms with Crippen LogP contribution in [0.2, 0.25) is 0 Å². The van der Waals surface area contributed by atoms with Crippen molar-refractivity contribution in [3.05, 3.63) is 0 Å². The zero-order valence-corrected chi connectivity index (χ0v) is 10.9. The molecule has 19 heavy (non-hydrogen) atoms. The van der Waals surface area contributed by atoms with Crippen LogP contribution < -0.4 is 0 Å². The van der Waals surface area contributed by atoms with Gasteiger partial charge in [0.1, 0.15) is 0 Å². The molecular weight excluding hydrogens is 252 g/mol. The summed E-state index contributed by atoms with van der Waals surface area (Å²) in [6.07, 6.45) is -0.218. The first-order valence-corrected chi connectivity index (χ1v) is 6.03. The fourth-order valence-electron chi connectivity index (χ4n) is 1.38. The zero-order chi connectivity index (χ0) is 14.7. The molecule has 0 heterocycles. The van der Waals surface area contributed by atoms with Gasteiger partial charge in [-0.15, -0.1) is 0 Å². The number of carbonyl (C=O) groups is 3. The van der Waals surface area contributed by atoms with Crippen LogP contribution in [0.1, 0.15) is 32.6 Å². The fraction of sp³-hybridized carbons (Fsp3) is 0.667. The molecule has 0 aromatic carbocycles.